The zero-order chi connectivity index (χ0) is 44.7. The van der Waals surface area contributed by atoms with Gasteiger partial charge in [0.15, 0.2) is 6.10 Å². The third-order valence-corrected chi connectivity index (χ3v) is 11.6. The molecule has 1 heterocycles. The number of aliphatic hydroxyl groups is 2. The molecule has 3 N–H and O–H groups in total. The normalized spacial score (nSPS) is 18.1. The number of phosphoric acid groups is 1. The highest BCUT2D eigenvalue weighted by atomic mass is 31.2. The van der Waals surface area contributed by atoms with E-state index in [0.717, 1.165) is 63.7 Å². The molecule has 6 atom stereocenters. The Hall–Kier alpha value is -2.37. The monoisotopic (exact) mass is 881 g/mol. The first-order chi connectivity index (χ1) is 29.6. The molecule has 0 aromatic carbocycles. The largest absolute Gasteiger partial charge is 0.472 e. The van der Waals surface area contributed by atoms with Crippen molar-refractivity contribution < 1.29 is 52.5 Å². The van der Waals surface area contributed by atoms with Crippen LogP contribution in [0, 0.1) is 5.92 Å². The Bertz CT molecular complexity index is 1280. The fourth-order valence-electron chi connectivity index (χ4n) is 6.51. The minimum Gasteiger partial charge on any atom is -0.462 e. The molecule has 61 heavy (non-hydrogen) atoms. The number of hydrogen-bond donors (Lipinski definition) is 3. The maximum atomic E-state index is 12.6. The van der Waals surface area contributed by atoms with Gasteiger partial charge in [-0.05, 0) is 57.3 Å². The number of carbonyl (C=O) groups excluding carboxylic acids is 2. The number of aliphatic hydroxyl groups excluding tert-OH is 2. The van der Waals surface area contributed by atoms with Gasteiger partial charge in [0.25, 0.3) is 0 Å². The molecule has 0 spiro atoms. The lowest BCUT2D eigenvalue weighted by molar-refractivity contribution is -0.161. The van der Waals surface area contributed by atoms with Crippen molar-refractivity contribution >= 4 is 19.8 Å². The summed E-state index contributed by atoms with van der Waals surface area (Å²) in [6, 6.07) is 0. The lowest BCUT2D eigenvalue weighted by Gasteiger charge is -2.20. The molecule has 11 nitrogen and oxygen atoms in total. The summed E-state index contributed by atoms with van der Waals surface area (Å²) in [6.07, 6.45) is 45.2. The average molecular weight is 881 g/mol. The molecule has 1 rings (SSSR count). The van der Waals surface area contributed by atoms with Crippen molar-refractivity contribution in [1.29, 1.82) is 0 Å². The molecule has 0 aliphatic carbocycles. The molecule has 1 aliphatic heterocycles. The molecule has 1 fully saturated rings. The van der Waals surface area contributed by atoms with Crippen LogP contribution in [-0.4, -0.2) is 77.9 Å². The molecule has 1 aliphatic rings. The topological polar surface area (TPSA) is 161 Å². The molecule has 0 radical (unpaired) electrons. The van der Waals surface area contributed by atoms with E-state index in [2.05, 4.69) is 73.9 Å². The van der Waals surface area contributed by atoms with Gasteiger partial charge in [-0.2, -0.15) is 0 Å². The van der Waals surface area contributed by atoms with Crippen LogP contribution < -0.4 is 0 Å². The van der Waals surface area contributed by atoms with Crippen molar-refractivity contribution in [3.63, 3.8) is 0 Å². The van der Waals surface area contributed by atoms with E-state index >= 15 is 0 Å². The average Bonchev–Trinajstić information content (AvgIpc) is 4.01. The van der Waals surface area contributed by atoms with Crippen molar-refractivity contribution in [2.45, 2.75) is 206 Å². The highest BCUT2D eigenvalue weighted by Gasteiger charge is 2.36. The zero-order valence-electron chi connectivity index (χ0n) is 38.2. The minimum absolute atomic E-state index is 0.0546. The first kappa shape index (κ1) is 56.6. The minimum atomic E-state index is -4.65. The van der Waals surface area contributed by atoms with Crippen molar-refractivity contribution in [3.05, 3.63) is 60.8 Å². The second-order valence-corrected chi connectivity index (χ2v) is 17.8. The summed E-state index contributed by atoms with van der Waals surface area (Å²) in [4.78, 5) is 35.1. The Kier molecular flexibility index (Phi) is 36.4. The third-order valence-electron chi connectivity index (χ3n) is 10.6. The van der Waals surface area contributed by atoms with Crippen LogP contribution in [-0.2, 0) is 37.4 Å². The van der Waals surface area contributed by atoms with Crippen molar-refractivity contribution in [2.24, 2.45) is 5.92 Å². The number of phosphoric ester groups is 1. The van der Waals surface area contributed by atoms with Crippen LogP contribution in [0.2, 0.25) is 0 Å². The van der Waals surface area contributed by atoms with E-state index in [1.54, 1.807) is 0 Å². The number of carbonyl (C=O) groups is 2. The highest BCUT2D eigenvalue weighted by molar-refractivity contribution is 7.47. The van der Waals surface area contributed by atoms with Crippen LogP contribution in [0.25, 0.3) is 0 Å². The molecule has 4 unspecified atom stereocenters. The van der Waals surface area contributed by atoms with Gasteiger partial charge in [-0.3, -0.25) is 18.6 Å². The van der Waals surface area contributed by atoms with Gasteiger partial charge in [-0.15, -0.1) is 0 Å². The Morgan fingerprint density at radius 2 is 1.13 bits per heavy atom. The lowest BCUT2D eigenvalue weighted by atomic mass is 9.99. The van der Waals surface area contributed by atoms with E-state index in [4.69, 9.17) is 23.8 Å². The van der Waals surface area contributed by atoms with Gasteiger partial charge in [0.1, 0.15) is 12.7 Å². The van der Waals surface area contributed by atoms with E-state index in [-0.39, 0.29) is 19.4 Å². The number of unbranched alkanes of at least 4 members (excludes halogenated alkanes) is 13. The molecule has 1 saturated heterocycles. The van der Waals surface area contributed by atoms with Crippen LogP contribution in [0.15, 0.2) is 60.8 Å². The first-order valence-electron chi connectivity index (χ1n) is 23.8. The van der Waals surface area contributed by atoms with Crippen LogP contribution in [0.1, 0.15) is 181 Å². The Labute approximate surface area is 370 Å². The van der Waals surface area contributed by atoms with Gasteiger partial charge >= 0.3 is 19.8 Å². The zero-order valence-corrected chi connectivity index (χ0v) is 39.1. The van der Waals surface area contributed by atoms with E-state index in [9.17, 15) is 24.2 Å². The number of epoxide rings is 1. The number of rotatable bonds is 42. The molecule has 0 aromatic rings. The van der Waals surface area contributed by atoms with Gasteiger partial charge in [0, 0.05) is 12.8 Å². The van der Waals surface area contributed by atoms with Crippen LogP contribution in [0.3, 0.4) is 0 Å². The molecular weight excluding hydrogens is 796 g/mol. The van der Waals surface area contributed by atoms with Gasteiger partial charge in [-0.25, -0.2) is 4.57 Å². The summed E-state index contributed by atoms with van der Waals surface area (Å²) in [6.45, 7) is 4.55. The summed E-state index contributed by atoms with van der Waals surface area (Å²) in [5.41, 5.74) is 0. The Morgan fingerprint density at radius 1 is 0.639 bits per heavy atom. The molecule has 0 saturated carbocycles. The van der Waals surface area contributed by atoms with Crippen molar-refractivity contribution in [1.82, 2.24) is 0 Å². The second kappa shape index (κ2) is 39.2. The summed E-state index contributed by atoms with van der Waals surface area (Å²) in [5, 5.41) is 18.4. The summed E-state index contributed by atoms with van der Waals surface area (Å²) >= 11 is 0. The first-order valence-corrected chi connectivity index (χ1v) is 25.3. The van der Waals surface area contributed by atoms with Crippen LogP contribution in [0.4, 0.5) is 0 Å². The van der Waals surface area contributed by atoms with Gasteiger partial charge in [0.05, 0.1) is 32.0 Å². The molecule has 0 bridgehead atoms. The van der Waals surface area contributed by atoms with Crippen LogP contribution >= 0.6 is 7.82 Å². The molecule has 352 valence electrons. The van der Waals surface area contributed by atoms with Gasteiger partial charge in [-0.1, -0.05) is 178 Å². The number of esters is 2. The predicted octanol–water partition coefficient (Wildman–Crippen LogP) is 11.9. The third kappa shape index (κ3) is 36.8. The van der Waals surface area contributed by atoms with E-state index in [0.29, 0.717) is 25.0 Å². The Morgan fingerprint density at radius 3 is 1.67 bits per heavy atom. The molecule has 0 amide bonds. The fourth-order valence-corrected chi connectivity index (χ4v) is 7.30. The van der Waals surface area contributed by atoms with Crippen molar-refractivity contribution in [2.75, 3.05) is 26.4 Å². The number of allylic oxidation sites excluding steroid dienone is 8. The van der Waals surface area contributed by atoms with Gasteiger partial charge in [0.2, 0.25) is 0 Å². The fraction of sp³-hybridized carbons (Fsp3) is 0.755. The SMILES string of the molecule is CC/C=C\CC1OC1C/C=C\C/C=C\C/C=C\C/C=C\CCC(=O)O[C@H](COC(=O)CCCCCCCCCCCCCCCCC(C)CC)COP(=O)(O)OC[C@@H](O)CO. The van der Waals surface area contributed by atoms with E-state index in [1.165, 1.54) is 77.0 Å². The second-order valence-electron chi connectivity index (χ2n) is 16.4. The van der Waals surface area contributed by atoms with E-state index in [1.807, 2.05) is 12.2 Å². The van der Waals surface area contributed by atoms with Gasteiger partial charge < -0.3 is 29.3 Å². The number of ether oxygens (including phenoxy) is 3. The quantitative estimate of drug-likeness (QED) is 0.0176. The standard InChI is InChI=1S/C49H85O11P/c1-4-6-29-35-46-47(60-46)36-31-26-22-18-14-11-12-16-20-24-28-33-38-49(53)59-45(42-58-61(54,55)57-40-44(51)39-50)41-56-48(52)37-32-27-23-19-15-10-8-7-9-13-17-21-25-30-34-43(3)5-2/h6,12,14,16,18,24,26,28-29,31,43-47,50-51H,4-5,7-11,13,15,17,19-23,25,27,30,32-42H2,1-3H3,(H,54,55)/b16-12-,18-14-,28-24-,29-6-,31-26-/t43?,44-,45+,46?,47?/m0/s1. The van der Waals surface area contributed by atoms with E-state index < -0.39 is 51.8 Å². The Balaban J connectivity index is 2.26. The maximum absolute atomic E-state index is 12.6. The summed E-state index contributed by atoms with van der Waals surface area (Å²) in [7, 11) is -4.65. The molecule has 12 heteroatoms. The smallest absolute Gasteiger partial charge is 0.462 e. The van der Waals surface area contributed by atoms with Crippen LogP contribution in [0.5, 0.6) is 0 Å². The summed E-state index contributed by atoms with van der Waals surface area (Å²) in [5.74, 6) is -0.155. The van der Waals surface area contributed by atoms with Crippen molar-refractivity contribution in [3.8, 4) is 0 Å². The maximum Gasteiger partial charge on any atom is 0.472 e. The highest BCUT2D eigenvalue weighted by Crippen LogP contribution is 2.43. The number of hydrogen-bond acceptors (Lipinski definition) is 10. The lowest BCUT2D eigenvalue weighted by Crippen LogP contribution is -2.29. The molecular formula is C49H85O11P. The summed E-state index contributed by atoms with van der Waals surface area (Å²) < 4.78 is 38.4. The molecule has 0 aromatic heterocycles. The predicted molar refractivity (Wildman–Crippen MR) is 246 cm³/mol.